The third-order valence-corrected chi connectivity index (χ3v) is 5.91. The van der Waals surface area contributed by atoms with Crippen LogP contribution in [0.5, 0.6) is 0 Å². The van der Waals surface area contributed by atoms with E-state index < -0.39 is 5.97 Å². The number of carbonyl (C=O) groups is 2. The maximum Gasteiger partial charge on any atom is 0.303 e. The van der Waals surface area contributed by atoms with Gasteiger partial charge in [-0.2, -0.15) is 0 Å². The molecule has 0 aliphatic heterocycles. The van der Waals surface area contributed by atoms with E-state index in [1.54, 1.807) is 0 Å². The molecule has 0 unspecified atom stereocenters. The molecule has 0 amide bonds. The van der Waals surface area contributed by atoms with E-state index in [2.05, 4.69) is 6.92 Å². The molecule has 0 atom stereocenters. The Morgan fingerprint density at radius 3 is 1.03 bits per heavy atom. The van der Waals surface area contributed by atoms with E-state index >= 15 is 0 Å². The van der Waals surface area contributed by atoms with Crippen molar-refractivity contribution in [1.82, 2.24) is 0 Å². The second-order valence-corrected chi connectivity index (χ2v) is 8.90. The largest absolute Gasteiger partial charge is 0.481 e. The van der Waals surface area contributed by atoms with Gasteiger partial charge in [0.25, 0.3) is 0 Å². The minimum absolute atomic E-state index is 0.276. The molecule has 3 nitrogen and oxygen atoms in total. The molecule has 0 radical (unpaired) electrons. The van der Waals surface area contributed by atoms with E-state index in [-0.39, 0.29) is 6.42 Å². The second kappa shape index (κ2) is 23.4. The Morgan fingerprint density at radius 2 is 0.724 bits per heavy atom. The summed E-state index contributed by atoms with van der Waals surface area (Å²) in [6, 6.07) is 0. The lowest BCUT2D eigenvalue weighted by atomic mass is 10.0. The van der Waals surface area contributed by atoms with Gasteiger partial charge in [0.15, 0.2) is 0 Å². The Bertz CT molecular complexity index is 365. The number of hydrogen-bond donors (Lipinski definition) is 1. The summed E-state index contributed by atoms with van der Waals surface area (Å²) in [7, 11) is 0. The molecule has 0 rings (SSSR count). The highest BCUT2D eigenvalue weighted by atomic mass is 16.4. The van der Waals surface area contributed by atoms with E-state index in [1.807, 2.05) is 0 Å². The molecule has 3 heteroatoms. The maximum absolute atomic E-state index is 11.9. The zero-order chi connectivity index (χ0) is 21.4. The Labute approximate surface area is 181 Å². The van der Waals surface area contributed by atoms with Gasteiger partial charge in [-0.15, -0.1) is 0 Å². The average Bonchev–Trinajstić information content (AvgIpc) is 2.70. The lowest BCUT2D eigenvalue weighted by Crippen LogP contribution is -1.98. The first-order valence-corrected chi connectivity index (χ1v) is 12.9. The number of carboxylic acid groups (broad SMARTS) is 1. The molecule has 0 aromatic rings. The lowest BCUT2D eigenvalue weighted by Gasteiger charge is -2.04. The highest BCUT2D eigenvalue weighted by Crippen LogP contribution is 2.14. The van der Waals surface area contributed by atoms with Crippen LogP contribution in [0.3, 0.4) is 0 Å². The first kappa shape index (κ1) is 28.1. The van der Waals surface area contributed by atoms with E-state index in [0.717, 1.165) is 51.4 Å². The minimum atomic E-state index is -0.705. The molecule has 0 saturated heterocycles. The fourth-order valence-electron chi connectivity index (χ4n) is 3.95. The molecular weight excluding hydrogens is 360 g/mol. The van der Waals surface area contributed by atoms with Gasteiger partial charge in [-0.3, -0.25) is 9.59 Å². The van der Waals surface area contributed by atoms with Crippen LogP contribution in [0.4, 0.5) is 0 Å². The topological polar surface area (TPSA) is 54.4 Å². The molecule has 0 saturated carbocycles. The Morgan fingerprint density at radius 1 is 0.448 bits per heavy atom. The van der Waals surface area contributed by atoms with Crippen molar-refractivity contribution in [3.05, 3.63) is 0 Å². The van der Waals surface area contributed by atoms with Gasteiger partial charge in [0, 0.05) is 19.3 Å². The van der Waals surface area contributed by atoms with Crippen LogP contribution < -0.4 is 0 Å². The SMILES string of the molecule is CCCCCCCCCCCCCCCCCC(=O)CCCCCCCC(=O)O. The van der Waals surface area contributed by atoms with Crippen LogP contribution in [0, 0.1) is 0 Å². The average molecular weight is 411 g/mol. The summed E-state index contributed by atoms with van der Waals surface area (Å²) in [5, 5.41) is 8.58. The van der Waals surface area contributed by atoms with Crippen LogP contribution in [-0.4, -0.2) is 16.9 Å². The second-order valence-electron chi connectivity index (χ2n) is 8.90. The maximum atomic E-state index is 11.9. The van der Waals surface area contributed by atoms with Crippen molar-refractivity contribution in [2.45, 2.75) is 155 Å². The van der Waals surface area contributed by atoms with Crippen molar-refractivity contribution >= 4 is 11.8 Å². The van der Waals surface area contributed by atoms with Gasteiger partial charge in [0.1, 0.15) is 5.78 Å². The van der Waals surface area contributed by atoms with E-state index in [9.17, 15) is 9.59 Å². The van der Waals surface area contributed by atoms with Gasteiger partial charge >= 0.3 is 5.97 Å². The molecule has 0 aromatic heterocycles. The standard InChI is InChI=1S/C26H50O3/c1-2-3-4-5-6-7-8-9-10-11-12-13-14-16-19-22-25(27)23-20-17-15-18-21-24-26(28)29/h2-24H2,1H3,(H,28,29). The molecule has 29 heavy (non-hydrogen) atoms. The highest BCUT2D eigenvalue weighted by molar-refractivity contribution is 5.78. The Hall–Kier alpha value is -0.860. The van der Waals surface area contributed by atoms with Gasteiger partial charge in [0.2, 0.25) is 0 Å². The Kier molecular flexibility index (Phi) is 22.7. The molecule has 0 heterocycles. The van der Waals surface area contributed by atoms with Crippen LogP contribution in [0.25, 0.3) is 0 Å². The summed E-state index contributed by atoms with van der Waals surface area (Å²) in [5.41, 5.74) is 0. The quantitative estimate of drug-likeness (QED) is 0.162. The molecule has 0 aromatic carbocycles. The zero-order valence-corrected chi connectivity index (χ0v) is 19.5. The molecule has 0 fully saturated rings. The fraction of sp³-hybridized carbons (Fsp3) is 0.923. The van der Waals surface area contributed by atoms with Crippen LogP contribution >= 0.6 is 0 Å². The van der Waals surface area contributed by atoms with Gasteiger partial charge in [-0.05, 0) is 19.3 Å². The van der Waals surface area contributed by atoms with Gasteiger partial charge < -0.3 is 5.11 Å². The third-order valence-electron chi connectivity index (χ3n) is 5.91. The van der Waals surface area contributed by atoms with Crippen molar-refractivity contribution in [2.24, 2.45) is 0 Å². The molecule has 1 N–H and O–H groups in total. The van der Waals surface area contributed by atoms with Crippen molar-refractivity contribution in [2.75, 3.05) is 0 Å². The van der Waals surface area contributed by atoms with Crippen molar-refractivity contribution in [3.8, 4) is 0 Å². The summed E-state index contributed by atoms with van der Waals surface area (Å²) >= 11 is 0. The van der Waals surface area contributed by atoms with Crippen molar-refractivity contribution < 1.29 is 14.7 Å². The van der Waals surface area contributed by atoms with Crippen LogP contribution in [-0.2, 0) is 9.59 Å². The first-order valence-electron chi connectivity index (χ1n) is 12.9. The third kappa shape index (κ3) is 25.1. The molecule has 0 bridgehead atoms. The van der Waals surface area contributed by atoms with Gasteiger partial charge in [-0.1, -0.05) is 116 Å². The molecule has 172 valence electrons. The normalized spacial score (nSPS) is 11.1. The highest BCUT2D eigenvalue weighted by Gasteiger charge is 2.02. The molecule has 0 spiro atoms. The van der Waals surface area contributed by atoms with E-state index in [4.69, 9.17) is 5.11 Å². The number of Topliss-reactive ketones (excluding diaryl/α,β-unsaturated/α-hetero) is 1. The lowest BCUT2D eigenvalue weighted by molar-refractivity contribution is -0.137. The summed E-state index contributed by atoms with van der Waals surface area (Å²) in [6.07, 6.45) is 27.0. The summed E-state index contributed by atoms with van der Waals surface area (Å²) in [5.74, 6) is -0.283. The number of carbonyl (C=O) groups excluding carboxylic acids is 1. The Balaban J connectivity index is 3.15. The van der Waals surface area contributed by atoms with Gasteiger partial charge in [-0.25, -0.2) is 0 Å². The van der Waals surface area contributed by atoms with Crippen LogP contribution in [0.2, 0.25) is 0 Å². The number of carboxylic acids is 1. The molecule has 0 aliphatic rings. The van der Waals surface area contributed by atoms with Crippen molar-refractivity contribution in [3.63, 3.8) is 0 Å². The molecular formula is C26H50O3. The number of hydrogen-bond acceptors (Lipinski definition) is 2. The summed E-state index contributed by atoms with van der Waals surface area (Å²) < 4.78 is 0. The zero-order valence-electron chi connectivity index (χ0n) is 19.5. The van der Waals surface area contributed by atoms with Crippen LogP contribution in [0.15, 0.2) is 0 Å². The van der Waals surface area contributed by atoms with Crippen molar-refractivity contribution in [1.29, 1.82) is 0 Å². The predicted octanol–water partition coefficient (Wildman–Crippen LogP) is 8.63. The van der Waals surface area contributed by atoms with Crippen LogP contribution in [0.1, 0.15) is 155 Å². The first-order chi connectivity index (χ1) is 14.2. The summed E-state index contributed by atoms with van der Waals surface area (Å²) in [4.78, 5) is 22.3. The molecule has 0 aliphatic carbocycles. The monoisotopic (exact) mass is 410 g/mol. The number of aliphatic carboxylic acids is 1. The summed E-state index contributed by atoms with van der Waals surface area (Å²) in [6.45, 7) is 2.28. The minimum Gasteiger partial charge on any atom is -0.481 e. The number of ketones is 1. The number of rotatable bonds is 24. The number of unbranched alkanes of at least 4 members (excludes halogenated alkanes) is 18. The fourth-order valence-corrected chi connectivity index (χ4v) is 3.95. The van der Waals surface area contributed by atoms with Gasteiger partial charge in [0.05, 0.1) is 0 Å². The van der Waals surface area contributed by atoms with E-state index in [1.165, 1.54) is 89.9 Å². The predicted molar refractivity (Wildman–Crippen MR) is 125 cm³/mol. The smallest absolute Gasteiger partial charge is 0.303 e. The van der Waals surface area contributed by atoms with E-state index in [0.29, 0.717) is 5.78 Å².